The van der Waals surface area contributed by atoms with Crippen molar-refractivity contribution in [2.24, 2.45) is 10.9 Å². The van der Waals surface area contributed by atoms with Gasteiger partial charge in [0.1, 0.15) is 0 Å². The van der Waals surface area contributed by atoms with Gasteiger partial charge in [0.15, 0.2) is 5.92 Å². The van der Waals surface area contributed by atoms with Gasteiger partial charge < -0.3 is 0 Å². The third kappa shape index (κ3) is 3.79. The summed E-state index contributed by atoms with van der Waals surface area (Å²) in [6.07, 6.45) is 0. The number of rotatable bonds is 4. The van der Waals surface area contributed by atoms with Crippen LogP contribution < -0.4 is 10.2 Å². The van der Waals surface area contributed by atoms with Gasteiger partial charge in [-0.15, -0.1) is 0 Å². The molecule has 27 heavy (non-hydrogen) atoms. The Morgan fingerprint density at radius 2 is 1.67 bits per heavy atom. The van der Waals surface area contributed by atoms with E-state index in [1.165, 1.54) is 0 Å². The second-order valence-electron chi connectivity index (χ2n) is 6.59. The molecule has 6 heteroatoms. The highest BCUT2D eigenvalue weighted by Crippen LogP contribution is 2.24. The van der Waals surface area contributed by atoms with Gasteiger partial charge in [0.2, 0.25) is 5.91 Å². The molecule has 1 saturated heterocycles. The van der Waals surface area contributed by atoms with Crippen molar-refractivity contribution in [3.05, 3.63) is 65.7 Å². The van der Waals surface area contributed by atoms with E-state index in [1.807, 2.05) is 44.2 Å². The monoisotopic (exact) mass is 363 g/mol. The van der Waals surface area contributed by atoms with E-state index in [-0.39, 0.29) is 6.04 Å². The first-order valence-corrected chi connectivity index (χ1v) is 8.73. The molecule has 1 aliphatic heterocycles. The molecule has 1 fully saturated rings. The van der Waals surface area contributed by atoms with Crippen molar-refractivity contribution in [2.75, 3.05) is 4.90 Å². The number of amides is 4. The van der Waals surface area contributed by atoms with Crippen molar-refractivity contribution in [1.29, 1.82) is 0 Å². The van der Waals surface area contributed by atoms with Crippen LogP contribution in [0.2, 0.25) is 0 Å². The molecular weight excluding hydrogens is 342 g/mol. The molecule has 0 unspecified atom stereocenters. The zero-order valence-corrected chi connectivity index (χ0v) is 15.5. The number of barbiturate groups is 1. The lowest BCUT2D eigenvalue weighted by Gasteiger charge is -2.30. The summed E-state index contributed by atoms with van der Waals surface area (Å²) in [5.74, 6) is -2.36. The van der Waals surface area contributed by atoms with Crippen molar-refractivity contribution < 1.29 is 14.4 Å². The second kappa shape index (κ2) is 7.53. The highest BCUT2D eigenvalue weighted by atomic mass is 16.2. The molecule has 4 amide bonds. The molecule has 2 atom stereocenters. The predicted molar refractivity (Wildman–Crippen MR) is 104 cm³/mol. The second-order valence-corrected chi connectivity index (χ2v) is 6.59. The molecule has 0 spiro atoms. The largest absolute Gasteiger partial charge is 0.335 e. The normalized spacial score (nSPS) is 19.1. The highest BCUT2D eigenvalue weighted by Gasteiger charge is 2.42. The van der Waals surface area contributed by atoms with E-state index in [0.717, 1.165) is 16.0 Å². The molecule has 0 saturated carbocycles. The van der Waals surface area contributed by atoms with Crippen LogP contribution in [-0.4, -0.2) is 23.6 Å². The quantitative estimate of drug-likeness (QED) is 0.668. The lowest BCUT2D eigenvalue weighted by Crippen LogP contribution is -2.60. The van der Waals surface area contributed by atoms with Crippen molar-refractivity contribution in [2.45, 2.75) is 26.8 Å². The maximum atomic E-state index is 13.0. The van der Waals surface area contributed by atoms with Crippen LogP contribution in [0.25, 0.3) is 0 Å². The Bertz CT molecular complexity index is 904. The van der Waals surface area contributed by atoms with E-state index >= 15 is 0 Å². The highest BCUT2D eigenvalue weighted by molar-refractivity contribution is 6.35. The predicted octanol–water partition coefficient (Wildman–Crippen LogP) is 3.42. The van der Waals surface area contributed by atoms with Crippen molar-refractivity contribution in [3.8, 4) is 0 Å². The number of hydrogen-bond donors (Lipinski definition) is 1. The van der Waals surface area contributed by atoms with E-state index in [2.05, 4.69) is 10.3 Å². The number of nitrogens with zero attached hydrogens (tertiary/aromatic N) is 2. The van der Waals surface area contributed by atoms with Crippen LogP contribution in [0, 0.1) is 12.8 Å². The molecular formula is C21H21N3O3. The topological polar surface area (TPSA) is 78.8 Å². The van der Waals surface area contributed by atoms with Crippen LogP contribution in [0.1, 0.15) is 31.0 Å². The van der Waals surface area contributed by atoms with Gasteiger partial charge in [0.05, 0.1) is 11.7 Å². The standard InChI is InChI=1S/C21H21N3O3/c1-13-9-11-17(12-10-13)24-20(26)18(19(25)23-21(24)27)15(3)22-14(2)16-7-5-4-6-8-16/h4-12,14,18H,1-3H3,(H,23,25,27)/t14-,18-/m0/s1. The Labute approximate surface area is 157 Å². The van der Waals surface area contributed by atoms with Crippen molar-refractivity contribution in [1.82, 2.24) is 5.32 Å². The van der Waals surface area contributed by atoms with E-state index in [1.54, 1.807) is 31.2 Å². The summed E-state index contributed by atoms with van der Waals surface area (Å²) >= 11 is 0. The van der Waals surface area contributed by atoms with Crippen LogP contribution in [-0.2, 0) is 9.59 Å². The van der Waals surface area contributed by atoms with Gasteiger partial charge in [-0.05, 0) is 38.5 Å². The smallest absolute Gasteiger partial charge is 0.285 e. The van der Waals surface area contributed by atoms with Gasteiger partial charge in [0.25, 0.3) is 5.91 Å². The Hall–Kier alpha value is -3.28. The van der Waals surface area contributed by atoms with Crippen LogP contribution in [0.4, 0.5) is 10.5 Å². The fourth-order valence-electron chi connectivity index (χ4n) is 3.07. The molecule has 138 valence electrons. The summed E-state index contributed by atoms with van der Waals surface area (Å²) in [7, 11) is 0. The lowest BCUT2D eigenvalue weighted by molar-refractivity contribution is -0.131. The number of nitrogens with one attached hydrogen (secondary N) is 1. The molecule has 0 radical (unpaired) electrons. The number of aliphatic imine (C=N–C) groups is 1. The summed E-state index contributed by atoms with van der Waals surface area (Å²) in [6, 6.07) is 15.6. The molecule has 6 nitrogen and oxygen atoms in total. The summed E-state index contributed by atoms with van der Waals surface area (Å²) in [4.78, 5) is 43.1. The fourth-order valence-corrected chi connectivity index (χ4v) is 3.07. The minimum absolute atomic E-state index is 0.211. The third-order valence-electron chi connectivity index (χ3n) is 4.55. The molecule has 2 aromatic rings. The minimum atomic E-state index is -1.13. The lowest BCUT2D eigenvalue weighted by atomic mass is 9.98. The number of carbonyl (C=O) groups excluding carboxylic acids is 3. The summed E-state index contributed by atoms with van der Waals surface area (Å²) in [5.41, 5.74) is 2.78. The van der Waals surface area contributed by atoms with Gasteiger partial charge in [-0.2, -0.15) is 0 Å². The van der Waals surface area contributed by atoms with Crippen LogP contribution in [0.5, 0.6) is 0 Å². The molecule has 1 aliphatic rings. The Kier molecular flexibility index (Phi) is 5.16. The zero-order valence-electron chi connectivity index (χ0n) is 15.5. The number of imide groups is 2. The number of urea groups is 1. The first kappa shape index (κ1) is 18.5. The Morgan fingerprint density at radius 1 is 1.04 bits per heavy atom. The van der Waals surface area contributed by atoms with E-state index in [0.29, 0.717) is 11.4 Å². The van der Waals surface area contributed by atoms with Crippen LogP contribution in [0.15, 0.2) is 59.6 Å². The zero-order chi connectivity index (χ0) is 19.6. The van der Waals surface area contributed by atoms with Crippen molar-refractivity contribution >= 4 is 29.2 Å². The number of anilines is 1. The summed E-state index contributed by atoms with van der Waals surface area (Å²) in [6.45, 7) is 5.45. The molecule has 0 aliphatic carbocycles. The average Bonchev–Trinajstić information content (AvgIpc) is 2.63. The summed E-state index contributed by atoms with van der Waals surface area (Å²) < 4.78 is 0. The number of aryl methyl sites for hydroxylation is 1. The van der Waals surface area contributed by atoms with E-state index < -0.39 is 23.8 Å². The van der Waals surface area contributed by atoms with Gasteiger partial charge in [-0.3, -0.25) is 19.9 Å². The number of carbonyl (C=O) groups is 3. The number of hydrogen-bond acceptors (Lipinski definition) is 4. The van der Waals surface area contributed by atoms with Crippen LogP contribution in [0.3, 0.4) is 0 Å². The Balaban J connectivity index is 1.90. The average molecular weight is 363 g/mol. The summed E-state index contributed by atoms with van der Waals surface area (Å²) in [5, 5.41) is 2.26. The van der Waals surface area contributed by atoms with E-state index in [4.69, 9.17) is 0 Å². The van der Waals surface area contributed by atoms with Crippen molar-refractivity contribution in [3.63, 3.8) is 0 Å². The molecule has 1 heterocycles. The van der Waals surface area contributed by atoms with Gasteiger partial charge in [-0.25, -0.2) is 9.69 Å². The van der Waals surface area contributed by atoms with Gasteiger partial charge >= 0.3 is 6.03 Å². The number of benzene rings is 2. The SMILES string of the molecule is CC(=N[C@@H](C)c1ccccc1)[C@H]1C(=O)NC(=O)N(c2ccc(C)cc2)C1=O. The molecule has 0 bridgehead atoms. The molecule has 1 N–H and O–H groups in total. The van der Waals surface area contributed by atoms with Crippen LogP contribution >= 0.6 is 0 Å². The van der Waals surface area contributed by atoms with Gasteiger partial charge in [0, 0.05) is 5.71 Å². The van der Waals surface area contributed by atoms with E-state index in [9.17, 15) is 14.4 Å². The molecule has 3 rings (SSSR count). The first-order chi connectivity index (χ1) is 12.9. The molecule has 2 aromatic carbocycles. The molecule has 0 aromatic heterocycles. The maximum Gasteiger partial charge on any atom is 0.335 e. The first-order valence-electron chi connectivity index (χ1n) is 8.73. The Morgan fingerprint density at radius 3 is 2.30 bits per heavy atom. The third-order valence-corrected chi connectivity index (χ3v) is 4.55. The maximum absolute atomic E-state index is 13.0. The fraction of sp³-hybridized carbons (Fsp3) is 0.238. The van der Waals surface area contributed by atoms with Gasteiger partial charge in [-0.1, -0.05) is 48.0 Å². The minimum Gasteiger partial charge on any atom is -0.285 e.